The van der Waals surface area contributed by atoms with Gasteiger partial charge >= 0.3 is 0 Å². The van der Waals surface area contributed by atoms with Crippen LogP contribution in [-0.4, -0.2) is 88.5 Å². The molecule has 2 aliphatic heterocycles. The highest BCUT2D eigenvalue weighted by Crippen LogP contribution is 2.32. The molecule has 42 heavy (non-hydrogen) atoms. The molecule has 2 aromatic carbocycles. The Morgan fingerprint density at radius 2 is 1.43 bits per heavy atom. The fourth-order valence-corrected chi connectivity index (χ4v) is 5.32. The van der Waals surface area contributed by atoms with E-state index in [1.165, 1.54) is 25.3 Å². The zero-order valence-corrected chi connectivity index (χ0v) is 23.3. The molecule has 1 amide bonds. The largest absolute Gasteiger partial charge is 0.507 e. The van der Waals surface area contributed by atoms with E-state index >= 15 is 0 Å². The van der Waals surface area contributed by atoms with Crippen LogP contribution in [0.2, 0.25) is 0 Å². The quantitative estimate of drug-likeness (QED) is 0.172. The number of anilines is 5. The van der Waals surface area contributed by atoms with E-state index in [2.05, 4.69) is 20.6 Å². The van der Waals surface area contributed by atoms with Crippen LogP contribution in [0.15, 0.2) is 36.4 Å². The molecular formula is C27H37N11O4. The number of phenolic OH excluding ortho intramolecular Hbond substituents is 2. The first-order chi connectivity index (χ1) is 20.1. The minimum absolute atomic E-state index is 0.0545. The minimum atomic E-state index is -0.649. The summed E-state index contributed by atoms with van der Waals surface area (Å²) in [5, 5.41) is 26.6. The highest BCUT2D eigenvalue weighted by Gasteiger charge is 2.29. The lowest BCUT2D eigenvalue weighted by Crippen LogP contribution is -2.54. The van der Waals surface area contributed by atoms with Crippen molar-refractivity contribution in [1.29, 1.82) is 0 Å². The molecule has 4 atom stereocenters. The molecule has 5 rings (SSSR count). The molecule has 2 aliphatic rings. The SMILES string of the molecule is COc1cccc(O)c1C(=O)Nc1ccc(Nc2nc(N3C[C@H](N)C[C@H](N)C3)nc(N3C[C@H](N)C[C@H](N)C3)n2)cc1O. The maximum atomic E-state index is 12.9. The van der Waals surface area contributed by atoms with Gasteiger partial charge in [0.25, 0.3) is 5.91 Å². The normalized spacial score (nSPS) is 22.5. The van der Waals surface area contributed by atoms with Crippen molar-refractivity contribution in [2.75, 3.05) is 53.7 Å². The first-order valence-electron chi connectivity index (χ1n) is 13.6. The molecule has 0 radical (unpaired) electrons. The molecule has 2 saturated heterocycles. The molecule has 1 aromatic heterocycles. The van der Waals surface area contributed by atoms with Crippen LogP contribution in [-0.2, 0) is 0 Å². The van der Waals surface area contributed by atoms with Crippen molar-refractivity contribution in [2.45, 2.75) is 37.0 Å². The lowest BCUT2D eigenvalue weighted by atomic mass is 10.0. The van der Waals surface area contributed by atoms with Gasteiger partial charge in [-0.05, 0) is 37.1 Å². The van der Waals surface area contributed by atoms with Gasteiger partial charge in [-0.15, -0.1) is 0 Å². The van der Waals surface area contributed by atoms with Crippen LogP contribution in [0.5, 0.6) is 17.2 Å². The van der Waals surface area contributed by atoms with Crippen LogP contribution < -0.4 is 48.1 Å². The summed E-state index contributed by atoms with van der Waals surface area (Å²) in [6, 6.07) is 8.55. The number of ether oxygens (including phenoxy) is 1. The molecule has 15 heteroatoms. The molecule has 3 heterocycles. The number of hydrogen-bond acceptors (Lipinski definition) is 14. The van der Waals surface area contributed by atoms with E-state index in [4.69, 9.17) is 32.7 Å². The third-order valence-electron chi connectivity index (χ3n) is 7.16. The van der Waals surface area contributed by atoms with Crippen molar-refractivity contribution < 1.29 is 19.7 Å². The molecule has 224 valence electrons. The number of piperidine rings is 2. The highest BCUT2D eigenvalue weighted by atomic mass is 16.5. The summed E-state index contributed by atoms with van der Waals surface area (Å²) >= 11 is 0. The summed E-state index contributed by atoms with van der Waals surface area (Å²) in [6.07, 6.45) is 1.41. The standard InChI is InChI=1S/C27H37N11O4/c1-42-22-4-2-3-20(39)23(22)24(41)33-19-6-5-18(9-21(19)40)32-25-34-26(37-10-14(28)7-15(29)11-37)36-27(35-25)38-12-16(30)8-17(31)13-38/h2-6,9,14-17,39-40H,7-8,10-13,28-31H2,1H3,(H,33,41)(H,32,34,35,36)/t14-,15+,16-,17+. The van der Waals surface area contributed by atoms with E-state index in [-0.39, 0.29) is 58.6 Å². The van der Waals surface area contributed by atoms with E-state index in [9.17, 15) is 15.0 Å². The molecule has 2 fully saturated rings. The number of hydrogen-bond donors (Lipinski definition) is 8. The van der Waals surface area contributed by atoms with E-state index in [0.29, 0.717) is 56.6 Å². The Labute approximate surface area is 242 Å². The summed E-state index contributed by atoms with van der Waals surface area (Å²) in [5.41, 5.74) is 25.4. The molecule has 0 unspecified atom stereocenters. The van der Waals surface area contributed by atoms with Crippen LogP contribution in [0, 0.1) is 0 Å². The van der Waals surface area contributed by atoms with Crippen molar-refractivity contribution in [3.8, 4) is 17.2 Å². The topological polar surface area (TPSA) is 240 Å². The van der Waals surface area contributed by atoms with Gasteiger partial charge < -0.3 is 58.3 Å². The van der Waals surface area contributed by atoms with Crippen LogP contribution in [0.1, 0.15) is 23.2 Å². The summed E-state index contributed by atoms with van der Waals surface area (Å²) in [6.45, 7) is 2.14. The van der Waals surface area contributed by atoms with Crippen molar-refractivity contribution >= 4 is 35.1 Å². The number of methoxy groups -OCH3 is 1. The van der Waals surface area contributed by atoms with Gasteiger partial charge in [0, 0.05) is 62.1 Å². The van der Waals surface area contributed by atoms with Gasteiger partial charge in [-0.3, -0.25) is 4.79 Å². The Morgan fingerprint density at radius 3 is 1.95 bits per heavy atom. The zero-order valence-electron chi connectivity index (χ0n) is 23.3. The monoisotopic (exact) mass is 579 g/mol. The third kappa shape index (κ3) is 6.54. The Kier molecular flexibility index (Phi) is 8.44. The Hall–Kier alpha value is -4.44. The Morgan fingerprint density at radius 1 is 0.857 bits per heavy atom. The number of benzene rings is 2. The van der Waals surface area contributed by atoms with Crippen LogP contribution >= 0.6 is 0 Å². The predicted octanol–water partition coefficient (Wildman–Crippen LogP) is 0.0167. The van der Waals surface area contributed by atoms with Gasteiger partial charge in [0.1, 0.15) is 22.8 Å². The molecular weight excluding hydrogens is 542 g/mol. The molecule has 15 nitrogen and oxygen atoms in total. The average molecular weight is 580 g/mol. The molecule has 0 bridgehead atoms. The number of rotatable bonds is 7. The van der Waals surface area contributed by atoms with Gasteiger partial charge in [0.2, 0.25) is 17.8 Å². The Bertz CT molecular complexity index is 1380. The van der Waals surface area contributed by atoms with Gasteiger partial charge in [-0.1, -0.05) is 6.07 Å². The van der Waals surface area contributed by atoms with E-state index < -0.39 is 5.91 Å². The molecule has 3 aromatic rings. The van der Waals surface area contributed by atoms with Crippen LogP contribution in [0.25, 0.3) is 0 Å². The maximum Gasteiger partial charge on any atom is 0.263 e. The third-order valence-corrected chi connectivity index (χ3v) is 7.16. The Balaban J connectivity index is 1.40. The number of phenols is 2. The van der Waals surface area contributed by atoms with Crippen molar-refractivity contribution in [2.24, 2.45) is 22.9 Å². The van der Waals surface area contributed by atoms with Gasteiger partial charge in [-0.2, -0.15) is 15.0 Å². The van der Waals surface area contributed by atoms with E-state index in [1.807, 2.05) is 9.80 Å². The first kappa shape index (κ1) is 29.1. The van der Waals surface area contributed by atoms with Crippen LogP contribution in [0.4, 0.5) is 29.2 Å². The smallest absolute Gasteiger partial charge is 0.263 e. The molecule has 0 aliphatic carbocycles. The summed E-state index contributed by atoms with van der Waals surface area (Å²) in [7, 11) is 1.39. The lowest BCUT2D eigenvalue weighted by molar-refractivity contribution is 0.102. The van der Waals surface area contributed by atoms with E-state index in [1.54, 1.807) is 18.2 Å². The van der Waals surface area contributed by atoms with Crippen molar-refractivity contribution in [1.82, 2.24) is 15.0 Å². The molecule has 12 N–H and O–H groups in total. The summed E-state index contributed by atoms with van der Waals surface area (Å²) < 4.78 is 5.18. The van der Waals surface area contributed by atoms with Crippen molar-refractivity contribution in [3.63, 3.8) is 0 Å². The van der Waals surface area contributed by atoms with Crippen molar-refractivity contribution in [3.05, 3.63) is 42.0 Å². The van der Waals surface area contributed by atoms with Gasteiger partial charge in [0.05, 0.1) is 12.8 Å². The molecule has 0 saturated carbocycles. The number of nitrogens with two attached hydrogens (primary N) is 4. The average Bonchev–Trinajstić information content (AvgIpc) is 2.93. The summed E-state index contributed by atoms with van der Waals surface area (Å²) in [5.74, 6) is 0.110. The van der Waals surface area contributed by atoms with Gasteiger partial charge in [0.15, 0.2) is 0 Å². The first-order valence-corrected chi connectivity index (χ1v) is 13.6. The lowest BCUT2D eigenvalue weighted by Gasteiger charge is -2.37. The second-order valence-corrected chi connectivity index (χ2v) is 10.7. The van der Waals surface area contributed by atoms with E-state index in [0.717, 1.165) is 0 Å². The second kappa shape index (κ2) is 12.2. The maximum absolute atomic E-state index is 12.9. The number of nitrogens with zero attached hydrogens (tertiary/aromatic N) is 5. The number of aromatic nitrogens is 3. The number of nitrogens with one attached hydrogen (secondary N) is 2. The fourth-order valence-electron chi connectivity index (χ4n) is 5.32. The molecule has 0 spiro atoms. The number of aromatic hydroxyl groups is 2. The number of carbonyl (C=O) groups excluding carboxylic acids is 1. The van der Waals surface area contributed by atoms with Gasteiger partial charge in [-0.25, -0.2) is 0 Å². The second-order valence-electron chi connectivity index (χ2n) is 10.7. The predicted molar refractivity (Wildman–Crippen MR) is 159 cm³/mol. The highest BCUT2D eigenvalue weighted by molar-refractivity contribution is 6.08. The zero-order chi connectivity index (χ0) is 30.0. The number of carbonyl (C=O) groups is 1. The minimum Gasteiger partial charge on any atom is -0.507 e. The van der Waals surface area contributed by atoms with Crippen LogP contribution in [0.3, 0.4) is 0 Å². The fraction of sp³-hybridized carbons (Fsp3) is 0.407. The number of amides is 1. The summed E-state index contributed by atoms with van der Waals surface area (Å²) in [4.78, 5) is 30.7.